The molecule has 1 saturated heterocycles. The molecule has 0 bridgehead atoms. The van der Waals surface area contributed by atoms with Crippen molar-refractivity contribution in [3.05, 3.63) is 41.1 Å². The van der Waals surface area contributed by atoms with Gasteiger partial charge >= 0.3 is 6.03 Å². The second-order valence-electron chi connectivity index (χ2n) is 6.83. The van der Waals surface area contributed by atoms with Crippen molar-refractivity contribution in [2.45, 2.75) is 19.1 Å². The summed E-state index contributed by atoms with van der Waals surface area (Å²) < 4.78 is 0. The molecule has 3 rings (SSSR count). The number of nitrogens with zero attached hydrogens (tertiary/aromatic N) is 2. The van der Waals surface area contributed by atoms with Crippen LogP contribution >= 0.6 is 11.3 Å². The molecule has 0 unspecified atom stereocenters. The minimum atomic E-state index is -1.10. The fourth-order valence-corrected chi connectivity index (χ4v) is 3.92. The van der Waals surface area contributed by atoms with Gasteiger partial charge < -0.3 is 25.3 Å². The number of carbonyl (C=O) groups is 2. The van der Waals surface area contributed by atoms with E-state index in [0.717, 1.165) is 5.69 Å². The highest BCUT2D eigenvalue weighted by Crippen LogP contribution is 2.25. The fourth-order valence-electron chi connectivity index (χ4n) is 3.25. The molecule has 1 aromatic heterocycles. The number of thiophene rings is 1. The van der Waals surface area contributed by atoms with Crippen LogP contribution in [0.15, 0.2) is 41.1 Å². The van der Waals surface area contributed by atoms with Gasteiger partial charge in [-0.05, 0) is 47.0 Å². The van der Waals surface area contributed by atoms with Crippen molar-refractivity contribution in [1.82, 2.24) is 10.2 Å². The summed E-state index contributed by atoms with van der Waals surface area (Å²) in [6, 6.07) is 8.98. The number of nitrogens with one attached hydrogen (secondary N) is 1. The molecule has 1 aliphatic rings. The minimum absolute atomic E-state index is 0.403. The summed E-state index contributed by atoms with van der Waals surface area (Å²) in [5.74, 6) is -0.604. The summed E-state index contributed by atoms with van der Waals surface area (Å²) in [7, 11) is 0. The van der Waals surface area contributed by atoms with Gasteiger partial charge in [-0.3, -0.25) is 4.79 Å². The molecule has 1 aliphatic heterocycles. The van der Waals surface area contributed by atoms with Gasteiger partial charge in [0.05, 0.1) is 6.10 Å². The first kappa shape index (κ1) is 20.3. The molecular weight excluding hydrogens is 378 g/mol. The maximum Gasteiger partial charge on any atom is 0.318 e. The lowest BCUT2D eigenvalue weighted by atomic mass is 10.1. The molecule has 2 heterocycles. The van der Waals surface area contributed by atoms with Crippen molar-refractivity contribution >= 4 is 28.8 Å². The van der Waals surface area contributed by atoms with E-state index in [0.29, 0.717) is 26.2 Å². The number of ketones is 1. The predicted octanol–water partition coefficient (Wildman–Crippen LogP) is 1.56. The summed E-state index contributed by atoms with van der Waals surface area (Å²) in [5.41, 5.74) is 3.50. The summed E-state index contributed by atoms with van der Waals surface area (Å²) in [6.07, 6.45) is -1.06. The van der Waals surface area contributed by atoms with E-state index >= 15 is 0 Å². The average molecular weight is 404 g/mol. The fraction of sp³-hybridized carbons (Fsp3) is 0.400. The van der Waals surface area contributed by atoms with Crippen molar-refractivity contribution in [3.63, 3.8) is 0 Å². The van der Waals surface area contributed by atoms with Gasteiger partial charge in [0.2, 0.25) is 0 Å². The highest BCUT2D eigenvalue weighted by molar-refractivity contribution is 7.08. The summed E-state index contributed by atoms with van der Waals surface area (Å²) in [5, 5.41) is 25.4. The van der Waals surface area contributed by atoms with Crippen LogP contribution in [0.1, 0.15) is 6.92 Å². The Labute approximate surface area is 168 Å². The molecule has 1 fully saturated rings. The SMILES string of the molecule is C[C@@H](O)[C@H](NC(=O)N1CCN(c2ccc(-c3ccsc3)cc2)CC1)C(=O)CO. The second kappa shape index (κ2) is 9.18. The molecule has 2 aromatic rings. The van der Waals surface area contributed by atoms with Gasteiger partial charge in [-0.25, -0.2) is 4.79 Å². The molecule has 0 spiro atoms. The number of benzene rings is 1. The van der Waals surface area contributed by atoms with E-state index < -0.39 is 30.6 Å². The van der Waals surface area contributed by atoms with E-state index in [2.05, 4.69) is 51.3 Å². The Balaban J connectivity index is 1.55. The molecule has 3 N–H and O–H groups in total. The standard InChI is InChI=1S/C20H25N3O4S/c1-14(25)19(18(26)12-24)21-20(27)23-9-7-22(8-10-23)17-4-2-15(3-5-17)16-6-11-28-13-16/h2-6,11,13-14,19,24-25H,7-10,12H2,1H3,(H,21,27)/t14-,19+/m1/s1. The van der Waals surface area contributed by atoms with Crippen molar-refractivity contribution in [2.24, 2.45) is 0 Å². The van der Waals surface area contributed by atoms with Crippen LogP contribution in [0, 0.1) is 0 Å². The van der Waals surface area contributed by atoms with E-state index in [4.69, 9.17) is 5.11 Å². The normalized spacial score (nSPS) is 16.5. The average Bonchev–Trinajstić information content (AvgIpc) is 3.26. The quantitative estimate of drug-likeness (QED) is 0.681. The molecule has 2 atom stereocenters. The minimum Gasteiger partial charge on any atom is -0.391 e. The topological polar surface area (TPSA) is 93.1 Å². The third-order valence-corrected chi connectivity index (χ3v) is 5.60. The van der Waals surface area contributed by atoms with Crippen LogP contribution < -0.4 is 10.2 Å². The van der Waals surface area contributed by atoms with Gasteiger partial charge in [-0.2, -0.15) is 11.3 Å². The van der Waals surface area contributed by atoms with Crippen LogP contribution in [0.5, 0.6) is 0 Å². The number of piperazine rings is 1. The summed E-state index contributed by atoms with van der Waals surface area (Å²) in [6.45, 7) is 3.08. The molecular formula is C20H25N3O4S. The molecule has 8 heteroatoms. The zero-order chi connectivity index (χ0) is 20.1. The molecule has 1 aromatic carbocycles. The van der Waals surface area contributed by atoms with E-state index in [-0.39, 0.29) is 0 Å². The van der Waals surface area contributed by atoms with Crippen molar-refractivity contribution in [1.29, 1.82) is 0 Å². The van der Waals surface area contributed by atoms with Gasteiger partial charge in [0, 0.05) is 31.9 Å². The molecule has 0 aliphatic carbocycles. The van der Waals surface area contributed by atoms with E-state index in [9.17, 15) is 14.7 Å². The first-order chi connectivity index (χ1) is 13.5. The van der Waals surface area contributed by atoms with Gasteiger partial charge in [0.15, 0.2) is 5.78 Å². The zero-order valence-corrected chi connectivity index (χ0v) is 16.6. The molecule has 0 saturated carbocycles. The van der Waals surface area contributed by atoms with Crippen LogP contribution in [0.4, 0.5) is 10.5 Å². The van der Waals surface area contributed by atoms with Crippen LogP contribution in [-0.2, 0) is 4.79 Å². The number of urea groups is 1. The molecule has 2 amide bonds. The maximum absolute atomic E-state index is 12.4. The van der Waals surface area contributed by atoms with Crippen LogP contribution in [-0.4, -0.2) is 71.9 Å². The van der Waals surface area contributed by atoms with Crippen LogP contribution in [0.3, 0.4) is 0 Å². The predicted molar refractivity (Wildman–Crippen MR) is 110 cm³/mol. The Kier molecular flexibility index (Phi) is 6.66. The Morgan fingerprint density at radius 1 is 1.11 bits per heavy atom. The first-order valence-electron chi connectivity index (χ1n) is 9.24. The highest BCUT2D eigenvalue weighted by Gasteiger charge is 2.28. The van der Waals surface area contributed by atoms with Gasteiger partial charge in [-0.1, -0.05) is 12.1 Å². The van der Waals surface area contributed by atoms with E-state index in [1.807, 2.05) is 0 Å². The van der Waals surface area contributed by atoms with Crippen LogP contribution in [0.2, 0.25) is 0 Å². The first-order valence-corrected chi connectivity index (χ1v) is 10.2. The number of aliphatic hydroxyl groups is 2. The van der Waals surface area contributed by atoms with Crippen molar-refractivity contribution in [3.8, 4) is 11.1 Å². The third kappa shape index (κ3) is 4.70. The molecule has 28 heavy (non-hydrogen) atoms. The smallest absolute Gasteiger partial charge is 0.318 e. The Morgan fingerprint density at radius 3 is 2.32 bits per heavy atom. The zero-order valence-electron chi connectivity index (χ0n) is 15.7. The number of hydrogen-bond acceptors (Lipinski definition) is 6. The molecule has 150 valence electrons. The van der Waals surface area contributed by atoms with Gasteiger partial charge in [0.1, 0.15) is 12.6 Å². The Hall–Kier alpha value is -2.42. The van der Waals surface area contributed by atoms with Gasteiger partial charge in [-0.15, -0.1) is 0 Å². The number of carbonyl (C=O) groups excluding carboxylic acids is 2. The van der Waals surface area contributed by atoms with E-state index in [1.165, 1.54) is 18.1 Å². The van der Waals surface area contributed by atoms with Crippen molar-refractivity contribution in [2.75, 3.05) is 37.7 Å². The van der Waals surface area contributed by atoms with Crippen molar-refractivity contribution < 1.29 is 19.8 Å². The number of anilines is 1. The lowest BCUT2D eigenvalue weighted by molar-refractivity contribution is -0.125. The summed E-state index contributed by atoms with van der Waals surface area (Å²) in [4.78, 5) is 27.9. The lowest BCUT2D eigenvalue weighted by Crippen LogP contribution is -2.57. The largest absolute Gasteiger partial charge is 0.391 e. The maximum atomic E-state index is 12.4. The van der Waals surface area contributed by atoms with E-state index in [1.54, 1.807) is 16.2 Å². The molecule has 0 radical (unpaired) electrons. The number of amides is 2. The Bertz CT molecular complexity index is 784. The highest BCUT2D eigenvalue weighted by atomic mass is 32.1. The number of aliphatic hydroxyl groups excluding tert-OH is 2. The number of hydrogen-bond donors (Lipinski definition) is 3. The lowest BCUT2D eigenvalue weighted by Gasteiger charge is -2.37. The Morgan fingerprint density at radius 2 is 1.79 bits per heavy atom. The summed E-state index contributed by atoms with van der Waals surface area (Å²) >= 11 is 1.67. The van der Waals surface area contributed by atoms with Gasteiger partial charge in [0.25, 0.3) is 0 Å². The third-order valence-electron chi connectivity index (χ3n) is 4.92. The monoisotopic (exact) mass is 403 g/mol. The van der Waals surface area contributed by atoms with Crippen LogP contribution in [0.25, 0.3) is 11.1 Å². The molecule has 7 nitrogen and oxygen atoms in total. The number of rotatable bonds is 6. The number of Topliss-reactive ketones (excluding diaryl/α,β-unsaturated/α-hetero) is 1. The second-order valence-corrected chi connectivity index (χ2v) is 7.61.